The molecule has 0 bridgehead atoms. The summed E-state index contributed by atoms with van der Waals surface area (Å²) >= 11 is 0. The van der Waals surface area contributed by atoms with Crippen LogP contribution in [0.25, 0.3) is 54.3 Å². The molecule has 0 N–H and O–H groups in total. The maximum Gasteiger partial charge on any atom is 0.141 e. The van der Waals surface area contributed by atoms with Crippen molar-refractivity contribution in [2.24, 2.45) is 0 Å². The Hall–Kier alpha value is -3.26. The smallest absolute Gasteiger partial charge is 0.141 e. The number of aryl methyl sites for hydroxylation is 2. The van der Waals surface area contributed by atoms with Gasteiger partial charge in [0.05, 0.1) is 12.5 Å². The monoisotopic (exact) mass is 336 g/mol. The highest BCUT2D eigenvalue weighted by atomic mass is 16.3. The number of rotatable bonds is 0. The van der Waals surface area contributed by atoms with Crippen LogP contribution < -0.4 is 0 Å². The van der Waals surface area contributed by atoms with E-state index in [0.29, 0.717) is 0 Å². The van der Waals surface area contributed by atoms with Gasteiger partial charge in [0.2, 0.25) is 0 Å². The average molecular weight is 336 g/mol. The van der Waals surface area contributed by atoms with Crippen LogP contribution in [-0.4, -0.2) is 0 Å². The summed E-state index contributed by atoms with van der Waals surface area (Å²) in [7, 11) is 0. The largest absolute Gasteiger partial charge is 0.463 e. The first-order valence-electron chi connectivity index (χ1n) is 8.85. The number of hydrogen-bond acceptors (Lipinski definition) is 2. The van der Waals surface area contributed by atoms with E-state index in [0.717, 1.165) is 21.9 Å². The minimum absolute atomic E-state index is 0.971. The van der Waals surface area contributed by atoms with E-state index in [1.54, 1.807) is 0 Å². The van der Waals surface area contributed by atoms with Crippen molar-refractivity contribution in [1.29, 1.82) is 0 Å². The molecule has 0 saturated carbocycles. The predicted molar refractivity (Wildman–Crippen MR) is 108 cm³/mol. The van der Waals surface area contributed by atoms with E-state index in [4.69, 9.17) is 8.83 Å². The molecule has 6 aromatic rings. The third-order valence-corrected chi connectivity index (χ3v) is 5.65. The summed E-state index contributed by atoms with van der Waals surface area (Å²) in [6, 6.07) is 17.5. The molecule has 124 valence electrons. The molecule has 0 radical (unpaired) electrons. The fraction of sp³-hybridized carbons (Fsp3) is 0.0833. The number of hydrogen-bond donors (Lipinski definition) is 0. The first-order chi connectivity index (χ1) is 12.7. The third-order valence-electron chi connectivity index (χ3n) is 5.65. The Morgan fingerprint density at radius 3 is 1.15 bits per heavy atom. The SMILES string of the molecule is Cc1coc2c1ccc1c3ccc4c(ccc5c(C)coc54)c3ccc12. The lowest BCUT2D eigenvalue weighted by atomic mass is 9.95. The molecular formula is C24H16O2. The summed E-state index contributed by atoms with van der Waals surface area (Å²) in [5.74, 6) is 0. The van der Waals surface area contributed by atoms with Crippen LogP contribution in [0.2, 0.25) is 0 Å². The summed E-state index contributed by atoms with van der Waals surface area (Å²) in [6.45, 7) is 4.17. The molecule has 6 rings (SSSR count). The van der Waals surface area contributed by atoms with Gasteiger partial charge in [-0.05, 0) is 58.7 Å². The van der Waals surface area contributed by atoms with Crippen LogP contribution in [0.1, 0.15) is 11.1 Å². The molecular weight excluding hydrogens is 320 g/mol. The van der Waals surface area contributed by atoms with Crippen LogP contribution in [0.3, 0.4) is 0 Å². The Kier molecular flexibility index (Phi) is 2.51. The molecule has 2 aromatic heterocycles. The Bertz CT molecular complexity index is 1380. The van der Waals surface area contributed by atoms with Gasteiger partial charge in [0.25, 0.3) is 0 Å². The van der Waals surface area contributed by atoms with Crippen LogP contribution in [0.15, 0.2) is 69.9 Å². The number of fused-ring (bicyclic) bond motifs is 9. The van der Waals surface area contributed by atoms with Crippen LogP contribution in [0.4, 0.5) is 0 Å². The van der Waals surface area contributed by atoms with Gasteiger partial charge < -0.3 is 8.83 Å². The van der Waals surface area contributed by atoms with E-state index < -0.39 is 0 Å². The first kappa shape index (κ1) is 14.0. The molecule has 2 heteroatoms. The van der Waals surface area contributed by atoms with Crippen molar-refractivity contribution < 1.29 is 8.83 Å². The Balaban J connectivity index is 1.81. The summed E-state index contributed by atoms with van der Waals surface area (Å²) in [5.41, 5.74) is 4.30. The zero-order valence-electron chi connectivity index (χ0n) is 14.6. The van der Waals surface area contributed by atoms with Crippen LogP contribution in [0, 0.1) is 13.8 Å². The Morgan fingerprint density at radius 2 is 0.731 bits per heavy atom. The summed E-state index contributed by atoms with van der Waals surface area (Å²) in [6.07, 6.45) is 3.68. The van der Waals surface area contributed by atoms with Crippen molar-refractivity contribution in [3.8, 4) is 0 Å². The Labute approximate surface area is 149 Å². The number of benzene rings is 4. The second-order valence-electron chi connectivity index (χ2n) is 7.14. The van der Waals surface area contributed by atoms with E-state index in [-0.39, 0.29) is 0 Å². The third kappa shape index (κ3) is 1.62. The topological polar surface area (TPSA) is 26.3 Å². The summed E-state index contributed by atoms with van der Waals surface area (Å²) in [4.78, 5) is 0. The standard InChI is InChI=1S/C24H16O2/c1-13-11-25-23-15(13)3-5-19-17-8-10-22-20(18(17)7-9-21(19)23)6-4-16-14(2)12-26-24(16)22/h3-12H,1-2H3. The van der Waals surface area contributed by atoms with Gasteiger partial charge in [-0.2, -0.15) is 0 Å². The fourth-order valence-corrected chi connectivity index (χ4v) is 4.28. The van der Waals surface area contributed by atoms with E-state index >= 15 is 0 Å². The highest BCUT2D eigenvalue weighted by Crippen LogP contribution is 2.38. The molecule has 0 unspecified atom stereocenters. The minimum Gasteiger partial charge on any atom is -0.463 e. The van der Waals surface area contributed by atoms with Crippen molar-refractivity contribution in [2.75, 3.05) is 0 Å². The van der Waals surface area contributed by atoms with Gasteiger partial charge in [-0.1, -0.05) is 36.4 Å². The van der Waals surface area contributed by atoms with Crippen molar-refractivity contribution in [2.45, 2.75) is 13.8 Å². The molecule has 4 aromatic carbocycles. The quantitative estimate of drug-likeness (QED) is 0.273. The van der Waals surface area contributed by atoms with E-state index in [9.17, 15) is 0 Å². The molecule has 0 amide bonds. The molecule has 2 nitrogen and oxygen atoms in total. The fourth-order valence-electron chi connectivity index (χ4n) is 4.28. The van der Waals surface area contributed by atoms with Crippen molar-refractivity contribution >= 4 is 54.3 Å². The second-order valence-corrected chi connectivity index (χ2v) is 7.14. The first-order valence-corrected chi connectivity index (χ1v) is 8.85. The van der Waals surface area contributed by atoms with Gasteiger partial charge in [0.1, 0.15) is 11.2 Å². The molecule has 2 heterocycles. The lowest BCUT2D eigenvalue weighted by Crippen LogP contribution is -1.82. The highest BCUT2D eigenvalue weighted by molar-refractivity contribution is 6.23. The molecule has 26 heavy (non-hydrogen) atoms. The van der Waals surface area contributed by atoms with Crippen molar-refractivity contribution in [3.05, 3.63) is 72.2 Å². The van der Waals surface area contributed by atoms with Crippen LogP contribution in [0.5, 0.6) is 0 Å². The molecule has 0 atom stereocenters. The zero-order valence-corrected chi connectivity index (χ0v) is 14.6. The molecule has 0 saturated heterocycles. The van der Waals surface area contributed by atoms with Crippen molar-refractivity contribution in [3.63, 3.8) is 0 Å². The molecule has 0 aliphatic heterocycles. The van der Waals surface area contributed by atoms with Gasteiger partial charge in [-0.3, -0.25) is 0 Å². The van der Waals surface area contributed by atoms with Gasteiger partial charge in [0, 0.05) is 21.5 Å². The van der Waals surface area contributed by atoms with Crippen LogP contribution >= 0.6 is 0 Å². The highest BCUT2D eigenvalue weighted by Gasteiger charge is 2.13. The predicted octanol–water partition coefficient (Wildman–Crippen LogP) is 7.26. The van der Waals surface area contributed by atoms with Gasteiger partial charge in [-0.25, -0.2) is 0 Å². The Morgan fingerprint density at radius 1 is 0.423 bits per heavy atom. The van der Waals surface area contributed by atoms with Crippen molar-refractivity contribution in [1.82, 2.24) is 0 Å². The maximum atomic E-state index is 5.84. The number of furan rings is 2. The molecule has 0 aliphatic rings. The summed E-state index contributed by atoms with van der Waals surface area (Å²) < 4.78 is 11.7. The minimum atomic E-state index is 0.971. The van der Waals surface area contributed by atoms with Gasteiger partial charge in [-0.15, -0.1) is 0 Å². The van der Waals surface area contributed by atoms with Gasteiger partial charge >= 0.3 is 0 Å². The van der Waals surface area contributed by atoms with E-state index in [1.165, 1.54) is 43.4 Å². The maximum absolute atomic E-state index is 5.84. The normalized spacial score (nSPS) is 12.2. The summed E-state index contributed by atoms with van der Waals surface area (Å²) in [5, 5.41) is 9.64. The molecule has 0 spiro atoms. The lowest BCUT2D eigenvalue weighted by Gasteiger charge is -2.08. The van der Waals surface area contributed by atoms with Crippen LogP contribution in [-0.2, 0) is 0 Å². The van der Waals surface area contributed by atoms with E-state index in [2.05, 4.69) is 62.4 Å². The molecule has 0 fully saturated rings. The second kappa shape index (κ2) is 4.67. The lowest BCUT2D eigenvalue weighted by molar-refractivity contribution is 0.616. The zero-order chi connectivity index (χ0) is 17.4. The van der Waals surface area contributed by atoms with E-state index in [1.807, 2.05) is 12.5 Å². The molecule has 0 aliphatic carbocycles. The van der Waals surface area contributed by atoms with Gasteiger partial charge in [0.15, 0.2) is 0 Å². The average Bonchev–Trinajstić information content (AvgIpc) is 3.24.